The highest BCUT2D eigenvalue weighted by Crippen LogP contribution is 2.09. The van der Waals surface area contributed by atoms with Gasteiger partial charge in [0.25, 0.3) is 0 Å². The van der Waals surface area contributed by atoms with Crippen LogP contribution < -0.4 is 10.6 Å². The van der Waals surface area contributed by atoms with Crippen LogP contribution in [-0.4, -0.2) is 26.1 Å². The summed E-state index contributed by atoms with van der Waals surface area (Å²) in [5.74, 6) is -0.00714. The van der Waals surface area contributed by atoms with Crippen LogP contribution >= 0.6 is 0 Å². The molecule has 4 nitrogen and oxygen atoms in total. The number of hydrogen-bond acceptors (Lipinski definition) is 3. The third-order valence-corrected chi connectivity index (χ3v) is 2.46. The van der Waals surface area contributed by atoms with Gasteiger partial charge in [0.15, 0.2) is 0 Å². The van der Waals surface area contributed by atoms with Crippen LogP contribution in [0.1, 0.15) is 18.1 Å². The average molecular weight is 236 g/mol. The van der Waals surface area contributed by atoms with E-state index in [9.17, 15) is 4.79 Å². The molecule has 1 aromatic rings. The topological polar surface area (TPSA) is 50.4 Å². The molecule has 1 rings (SSSR count). The summed E-state index contributed by atoms with van der Waals surface area (Å²) in [6.45, 7) is 4.32. The molecule has 17 heavy (non-hydrogen) atoms. The molecule has 4 heteroatoms. The largest absolute Gasteiger partial charge is 0.377 e. The smallest absolute Gasteiger partial charge is 0.233 e. The summed E-state index contributed by atoms with van der Waals surface area (Å²) in [6.07, 6.45) is 0. The summed E-state index contributed by atoms with van der Waals surface area (Å²) in [5.41, 5.74) is 2.34. The normalized spacial score (nSPS) is 10.2. The van der Waals surface area contributed by atoms with Gasteiger partial charge >= 0.3 is 0 Å². The van der Waals surface area contributed by atoms with Crippen molar-refractivity contribution in [1.82, 2.24) is 10.6 Å². The standard InChI is InChI=1S/C13H20N2O2/c1-3-17-10-12-7-5-4-6-11(12)8-15-9-13(16)14-2/h4-7,15H,3,8-10H2,1-2H3,(H,14,16). The van der Waals surface area contributed by atoms with Gasteiger partial charge in [-0.15, -0.1) is 0 Å². The first kappa shape index (κ1) is 13.7. The molecule has 0 heterocycles. The Balaban J connectivity index is 2.48. The van der Waals surface area contributed by atoms with Gasteiger partial charge in [-0.05, 0) is 18.1 Å². The van der Waals surface area contributed by atoms with Crippen molar-refractivity contribution in [1.29, 1.82) is 0 Å². The van der Waals surface area contributed by atoms with E-state index in [2.05, 4.69) is 10.6 Å². The SMILES string of the molecule is CCOCc1ccccc1CNCC(=O)NC. The predicted molar refractivity (Wildman–Crippen MR) is 67.5 cm³/mol. The molecule has 0 saturated heterocycles. The maximum absolute atomic E-state index is 11.1. The highest BCUT2D eigenvalue weighted by Gasteiger charge is 2.02. The summed E-state index contributed by atoms with van der Waals surface area (Å²) in [4.78, 5) is 11.1. The van der Waals surface area contributed by atoms with Crippen LogP contribution in [0.2, 0.25) is 0 Å². The quantitative estimate of drug-likeness (QED) is 0.744. The molecule has 0 unspecified atom stereocenters. The Morgan fingerprint density at radius 2 is 2.00 bits per heavy atom. The van der Waals surface area contributed by atoms with Crippen molar-refractivity contribution in [2.45, 2.75) is 20.1 Å². The van der Waals surface area contributed by atoms with Gasteiger partial charge in [-0.1, -0.05) is 24.3 Å². The van der Waals surface area contributed by atoms with Gasteiger partial charge in [0.1, 0.15) is 0 Å². The fourth-order valence-electron chi connectivity index (χ4n) is 1.48. The molecule has 1 amide bonds. The lowest BCUT2D eigenvalue weighted by Crippen LogP contribution is -2.31. The van der Waals surface area contributed by atoms with Crippen LogP contribution in [0.4, 0.5) is 0 Å². The molecule has 1 aromatic carbocycles. The molecule has 0 aliphatic rings. The first-order chi connectivity index (χ1) is 8.27. The van der Waals surface area contributed by atoms with Crippen molar-refractivity contribution in [3.8, 4) is 0 Å². The van der Waals surface area contributed by atoms with Crippen LogP contribution in [0.3, 0.4) is 0 Å². The van der Waals surface area contributed by atoms with E-state index < -0.39 is 0 Å². The second-order valence-electron chi connectivity index (χ2n) is 3.68. The Morgan fingerprint density at radius 1 is 1.29 bits per heavy atom. The van der Waals surface area contributed by atoms with Gasteiger partial charge in [0.2, 0.25) is 5.91 Å². The molecule has 0 aliphatic heterocycles. The maximum atomic E-state index is 11.1. The van der Waals surface area contributed by atoms with Crippen LogP contribution in [0.5, 0.6) is 0 Å². The Labute approximate surface area is 102 Å². The van der Waals surface area contributed by atoms with E-state index in [1.54, 1.807) is 7.05 Å². The summed E-state index contributed by atoms with van der Waals surface area (Å²) >= 11 is 0. The minimum atomic E-state index is -0.00714. The monoisotopic (exact) mass is 236 g/mol. The zero-order valence-electron chi connectivity index (χ0n) is 10.5. The Hall–Kier alpha value is -1.39. The minimum absolute atomic E-state index is 0.00714. The lowest BCUT2D eigenvalue weighted by molar-refractivity contribution is -0.119. The number of benzene rings is 1. The molecule has 0 bridgehead atoms. The van der Waals surface area contributed by atoms with Gasteiger partial charge in [-0.2, -0.15) is 0 Å². The highest BCUT2D eigenvalue weighted by atomic mass is 16.5. The van der Waals surface area contributed by atoms with Crippen molar-refractivity contribution >= 4 is 5.91 Å². The van der Waals surface area contributed by atoms with E-state index >= 15 is 0 Å². The zero-order valence-corrected chi connectivity index (χ0v) is 10.5. The Kier molecular flexibility index (Phi) is 6.29. The van der Waals surface area contributed by atoms with Gasteiger partial charge in [-0.3, -0.25) is 4.79 Å². The number of rotatable bonds is 7. The third kappa shape index (κ3) is 4.97. The minimum Gasteiger partial charge on any atom is -0.377 e. The molecule has 0 saturated carbocycles. The first-order valence-corrected chi connectivity index (χ1v) is 5.83. The van der Waals surface area contributed by atoms with Gasteiger partial charge in [0.05, 0.1) is 13.2 Å². The summed E-state index contributed by atoms with van der Waals surface area (Å²) in [6, 6.07) is 8.08. The Bertz CT molecular complexity index is 353. The van der Waals surface area contributed by atoms with E-state index in [1.165, 1.54) is 11.1 Å². The van der Waals surface area contributed by atoms with Crippen molar-refractivity contribution in [2.75, 3.05) is 20.2 Å². The molecule has 2 N–H and O–H groups in total. The van der Waals surface area contributed by atoms with E-state index in [1.807, 2.05) is 31.2 Å². The summed E-state index contributed by atoms with van der Waals surface area (Å²) in [7, 11) is 1.63. The second-order valence-corrected chi connectivity index (χ2v) is 3.68. The molecule has 0 spiro atoms. The van der Waals surface area contributed by atoms with Gasteiger partial charge < -0.3 is 15.4 Å². The van der Waals surface area contributed by atoms with E-state index in [0.717, 1.165) is 0 Å². The fourth-order valence-corrected chi connectivity index (χ4v) is 1.48. The fraction of sp³-hybridized carbons (Fsp3) is 0.462. The molecule has 0 aliphatic carbocycles. The second kappa shape index (κ2) is 7.81. The van der Waals surface area contributed by atoms with Crippen molar-refractivity contribution in [2.24, 2.45) is 0 Å². The van der Waals surface area contributed by atoms with Crippen LogP contribution in [0, 0.1) is 0 Å². The van der Waals surface area contributed by atoms with Crippen molar-refractivity contribution < 1.29 is 9.53 Å². The predicted octanol–water partition coefficient (Wildman–Crippen LogP) is 1.06. The number of carbonyl (C=O) groups is 1. The lowest BCUT2D eigenvalue weighted by atomic mass is 10.1. The molecule has 0 radical (unpaired) electrons. The number of ether oxygens (including phenoxy) is 1. The molecule has 0 fully saturated rings. The number of nitrogens with one attached hydrogen (secondary N) is 2. The van der Waals surface area contributed by atoms with E-state index in [-0.39, 0.29) is 5.91 Å². The lowest BCUT2D eigenvalue weighted by Gasteiger charge is -2.10. The van der Waals surface area contributed by atoms with Gasteiger partial charge in [-0.25, -0.2) is 0 Å². The zero-order chi connectivity index (χ0) is 12.5. The van der Waals surface area contributed by atoms with E-state index in [0.29, 0.717) is 26.3 Å². The third-order valence-electron chi connectivity index (χ3n) is 2.46. The Morgan fingerprint density at radius 3 is 2.65 bits per heavy atom. The molecular formula is C13H20N2O2. The molecule has 94 valence electrons. The molecule has 0 aromatic heterocycles. The van der Waals surface area contributed by atoms with Crippen molar-refractivity contribution in [3.63, 3.8) is 0 Å². The summed E-state index contributed by atoms with van der Waals surface area (Å²) in [5, 5.41) is 5.68. The van der Waals surface area contributed by atoms with Crippen LogP contribution in [0.25, 0.3) is 0 Å². The average Bonchev–Trinajstić information content (AvgIpc) is 2.37. The number of hydrogen-bond donors (Lipinski definition) is 2. The number of amides is 1. The molecular weight excluding hydrogens is 216 g/mol. The maximum Gasteiger partial charge on any atom is 0.233 e. The highest BCUT2D eigenvalue weighted by molar-refractivity contribution is 5.77. The van der Waals surface area contributed by atoms with Crippen LogP contribution in [0.15, 0.2) is 24.3 Å². The van der Waals surface area contributed by atoms with Crippen LogP contribution in [-0.2, 0) is 22.7 Å². The van der Waals surface area contributed by atoms with Crippen molar-refractivity contribution in [3.05, 3.63) is 35.4 Å². The number of carbonyl (C=O) groups excluding carboxylic acids is 1. The molecule has 0 atom stereocenters. The van der Waals surface area contributed by atoms with Gasteiger partial charge in [0, 0.05) is 20.2 Å². The number of likely N-dealkylation sites (N-methyl/N-ethyl adjacent to an activating group) is 1. The first-order valence-electron chi connectivity index (χ1n) is 5.83. The summed E-state index contributed by atoms with van der Waals surface area (Å²) < 4.78 is 5.40. The van der Waals surface area contributed by atoms with E-state index in [4.69, 9.17) is 4.74 Å².